The number of primary amides is 1. The Morgan fingerprint density at radius 2 is 1.64 bits per heavy atom. The minimum absolute atomic E-state index is 0.0796. The van der Waals surface area contributed by atoms with Crippen molar-refractivity contribution in [2.45, 2.75) is 38.7 Å². The van der Waals surface area contributed by atoms with E-state index in [1.54, 1.807) is 4.90 Å². The molecule has 0 aromatic heterocycles. The maximum Gasteiger partial charge on any atom is 0.268 e. The summed E-state index contributed by atoms with van der Waals surface area (Å²) < 4.78 is 6.20. The second-order valence-corrected chi connectivity index (χ2v) is 7.64. The summed E-state index contributed by atoms with van der Waals surface area (Å²) in [5.41, 5.74) is 7.40. The lowest BCUT2D eigenvalue weighted by atomic mass is 9.95. The Hall–Kier alpha value is -2.82. The molecule has 0 bridgehead atoms. The van der Waals surface area contributed by atoms with Crippen LogP contribution in [0.5, 0.6) is 5.75 Å². The van der Waals surface area contributed by atoms with Crippen LogP contribution in [0, 0.1) is 5.92 Å². The van der Waals surface area contributed by atoms with Gasteiger partial charge in [-0.2, -0.15) is 0 Å². The molecular weight excluding hydrogens is 352 g/mol. The summed E-state index contributed by atoms with van der Waals surface area (Å²) in [5, 5.41) is 0. The third-order valence-corrected chi connectivity index (χ3v) is 5.31. The van der Waals surface area contributed by atoms with Gasteiger partial charge >= 0.3 is 0 Å². The molecule has 1 heterocycles. The van der Waals surface area contributed by atoms with Gasteiger partial charge in [0, 0.05) is 24.6 Å². The van der Waals surface area contributed by atoms with Crippen molar-refractivity contribution < 1.29 is 14.3 Å². The Bertz CT molecular complexity index is 812. The normalized spacial score (nSPS) is 16.0. The largest absolute Gasteiger partial charge is 0.476 e. The SMILES string of the molecule is CC(C)c1cccc(OC(C(=O)N2CCC(C(N)=O)CC2)c2ccccc2)c1. The number of carbonyl (C=O) groups excluding carboxylic acids is 2. The molecule has 148 valence electrons. The summed E-state index contributed by atoms with van der Waals surface area (Å²) in [7, 11) is 0. The molecule has 1 unspecified atom stereocenters. The molecule has 5 nitrogen and oxygen atoms in total. The highest BCUT2D eigenvalue weighted by Gasteiger charge is 2.32. The highest BCUT2D eigenvalue weighted by molar-refractivity contribution is 5.83. The lowest BCUT2D eigenvalue weighted by Crippen LogP contribution is -2.44. The third kappa shape index (κ3) is 4.71. The lowest BCUT2D eigenvalue weighted by molar-refractivity contribution is -0.141. The highest BCUT2D eigenvalue weighted by atomic mass is 16.5. The fourth-order valence-corrected chi connectivity index (χ4v) is 3.52. The van der Waals surface area contributed by atoms with Crippen LogP contribution in [0.1, 0.15) is 49.8 Å². The molecule has 2 N–H and O–H groups in total. The number of carbonyl (C=O) groups is 2. The zero-order valence-electron chi connectivity index (χ0n) is 16.5. The van der Waals surface area contributed by atoms with E-state index in [4.69, 9.17) is 10.5 Å². The average molecular weight is 380 g/mol. The summed E-state index contributed by atoms with van der Waals surface area (Å²) in [6.07, 6.45) is 0.491. The molecule has 28 heavy (non-hydrogen) atoms. The van der Waals surface area contributed by atoms with Gasteiger partial charge in [0.05, 0.1) is 0 Å². The van der Waals surface area contributed by atoms with Crippen LogP contribution < -0.4 is 10.5 Å². The first kappa shape index (κ1) is 19.9. The van der Waals surface area contributed by atoms with Gasteiger partial charge in [-0.15, -0.1) is 0 Å². The molecular formula is C23H28N2O3. The molecule has 0 radical (unpaired) electrons. The molecule has 5 heteroatoms. The summed E-state index contributed by atoms with van der Waals surface area (Å²) in [6, 6.07) is 17.4. The maximum atomic E-state index is 13.3. The fourth-order valence-electron chi connectivity index (χ4n) is 3.52. The van der Waals surface area contributed by atoms with E-state index in [-0.39, 0.29) is 17.7 Å². The predicted octanol–water partition coefficient (Wildman–Crippen LogP) is 3.65. The van der Waals surface area contributed by atoms with Crippen molar-refractivity contribution in [3.8, 4) is 5.75 Å². The third-order valence-electron chi connectivity index (χ3n) is 5.31. The topological polar surface area (TPSA) is 72.6 Å². The van der Waals surface area contributed by atoms with E-state index < -0.39 is 6.10 Å². The van der Waals surface area contributed by atoms with E-state index in [2.05, 4.69) is 19.9 Å². The van der Waals surface area contributed by atoms with Crippen LogP contribution in [0.25, 0.3) is 0 Å². The summed E-state index contributed by atoms with van der Waals surface area (Å²) in [6.45, 7) is 5.29. The fraction of sp³-hybridized carbons (Fsp3) is 0.391. The predicted molar refractivity (Wildman–Crippen MR) is 109 cm³/mol. The first-order valence-corrected chi connectivity index (χ1v) is 9.85. The number of nitrogens with two attached hydrogens (primary N) is 1. The Labute approximate surface area is 166 Å². The summed E-state index contributed by atoms with van der Waals surface area (Å²) in [4.78, 5) is 26.5. The van der Waals surface area contributed by atoms with E-state index >= 15 is 0 Å². The molecule has 1 saturated heterocycles. The van der Waals surface area contributed by atoms with Crippen LogP contribution in [-0.4, -0.2) is 29.8 Å². The van der Waals surface area contributed by atoms with Crippen molar-refractivity contribution in [1.29, 1.82) is 0 Å². The zero-order valence-corrected chi connectivity index (χ0v) is 16.5. The van der Waals surface area contributed by atoms with E-state index in [9.17, 15) is 9.59 Å². The smallest absolute Gasteiger partial charge is 0.268 e. The van der Waals surface area contributed by atoms with Gasteiger partial charge in [0.15, 0.2) is 0 Å². The number of nitrogens with zero attached hydrogens (tertiary/aromatic N) is 1. The first-order valence-electron chi connectivity index (χ1n) is 9.85. The summed E-state index contributed by atoms with van der Waals surface area (Å²) in [5.74, 6) is 0.545. The number of hydrogen-bond donors (Lipinski definition) is 1. The van der Waals surface area contributed by atoms with Gasteiger partial charge in [-0.1, -0.05) is 56.3 Å². The van der Waals surface area contributed by atoms with Gasteiger partial charge < -0.3 is 15.4 Å². The number of amides is 2. The minimum Gasteiger partial charge on any atom is -0.476 e. The van der Waals surface area contributed by atoms with Gasteiger partial charge in [-0.05, 0) is 36.5 Å². The molecule has 1 atom stereocenters. The maximum absolute atomic E-state index is 13.3. The lowest BCUT2D eigenvalue weighted by Gasteiger charge is -2.33. The van der Waals surface area contributed by atoms with Crippen LogP contribution in [0.15, 0.2) is 54.6 Å². The quantitative estimate of drug-likeness (QED) is 0.831. The van der Waals surface area contributed by atoms with Gasteiger partial charge in [0.1, 0.15) is 5.75 Å². The Morgan fingerprint density at radius 3 is 2.25 bits per heavy atom. The van der Waals surface area contributed by atoms with Crippen molar-refractivity contribution >= 4 is 11.8 Å². The van der Waals surface area contributed by atoms with Crippen LogP contribution in [-0.2, 0) is 9.59 Å². The number of hydrogen-bond acceptors (Lipinski definition) is 3. The molecule has 2 aromatic carbocycles. The van der Waals surface area contributed by atoms with Crippen molar-refractivity contribution in [1.82, 2.24) is 4.90 Å². The standard InChI is InChI=1S/C23H28N2O3/c1-16(2)19-9-6-10-20(15-19)28-21(17-7-4-3-5-8-17)23(27)25-13-11-18(12-14-25)22(24)26/h3-10,15-16,18,21H,11-14H2,1-2H3,(H2,24,26). The molecule has 3 rings (SSSR count). The first-order chi connectivity index (χ1) is 13.5. The Morgan fingerprint density at radius 1 is 1.00 bits per heavy atom. The molecule has 0 aliphatic carbocycles. The Kier molecular flexibility index (Phi) is 6.34. The average Bonchev–Trinajstić information content (AvgIpc) is 2.72. The molecule has 2 aromatic rings. The van der Waals surface area contributed by atoms with Crippen LogP contribution >= 0.6 is 0 Å². The van der Waals surface area contributed by atoms with E-state index in [0.29, 0.717) is 37.6 Å². The highest BCUT2D eigenvalue weighted by Crippen LogP contribution is 2.28. The van der Waals surface area contributed by atoms with Crippen molar-refractivity contribution in [3.63, 3.8) is 0 Å². The number of ether oxygens (including phenoxy) is 1. The molecule has 0 saturated carbocycles. The van der Waals surface area contributed by atoms with Gasteiger partial charge in [0.2, 0.25) is 12.0 Å². The summed E-state index contributed by atoms with van der Waals surface area (Å²) >= 11 is 0. The van der Waals surface area contributed by atoms with E-state index in [1.807, 2.05) is 48.5 Å². The number of benzene rings is 2. The van der Waals surface area contributed by atoms with Gasteiger partial charge in [-0.25, -0.2) is 0 Å². The molecule has 1 aliphatic rings. The molecule has 1 fully saturated rings. The second kappa shape index (κ2) is 8.91. The second-order valence-electron chi connectivity index (χ2n) is 7.64. The van der Waals surface area contributed by atoms with Crippen molar-refractivity contribution in [2.24, 2.45) is 11.7 Å². The molecule has 2 amide bonds. The minimum atomic E-state index is -0.714. The van der Waals surface area contributed by atoms with Gasteiger partial charge in [-0.3, -0.25) is 9.59 Å². The molecule has 0 spiro atoms. The number of likely N-dealkylation sites (tertiary alicyclic amines) is 1. The van der Waals surface area contributed by atoms with Crippen molar-refractivity contribution in [2.75, 3.05) is 13.1 Å². The number of piperidine rings is 1. The zero-order chi connectivity index (χ0) is 20.1. The van der Waals surface area contributed by atoms with Gasteiger partial charge in [0.25, 0.3) is 5.91 Å². The van der Waals surface area contributed by atoms with Crippen molar-refractivity contribution in [3.05, 3.63) is 65.7 Å². The number of rotatable bonds is 6. The van der Waals surface area contributed by atoms with Crippen LogP contribution in [0.2, 0.25) is 0 Å². The van der Waals surface area contributed by atoms with Crippen LogP contribution in [0.4, 0.5) is 0 Å². The Balaban J connectivity index is 1.81. The molecule has 1 aliphatic heterocycles. The monoisotopic (exact) mass is 380 g/mol. The van der Waals surface area contributed by atoms with Crippen LogP contribution in [0.3, 0.4) is 0 Å². The van der Waals surface area contributed by atoms with E-state index in [0.717, 1.165) is 5.56 Å². The van der Waals surface area contributed by atoms with E-state index in [1.165, 1.54) is 5.56 Å².